The number of benzene rings is 3. The van der Waals surface area contributed by atoms with Crippen molar-refractivity contribution in [2.75, 3.05) is 13.2 Å². The van der Waals surface area contributed by atoms with Gasteiger partial charge in [0.1, 0.15) is 18.2 Å². The van der Waals surface area contributed by atoms with Gasteiger partial charge in [0.25, 0.3) is 0 Å². The first kappa shape index (κ1) is 32.8. The lowest BCUT2D eigenvalue weighted by molar-refractivity contribution is -0.168. The maximum atomic E-state index is 14.4. The van der Waals surface area contributed by atoms with Crippen LogP contribution in [0.25, 0.3) is 11.1 Å². The number of nitrogens with zero attached hydrogens (tertiary/aromatic N) is 1. The smallest absolute Gasteiger partial charge is 0.407 e. The molecule has 2 fully saturated rings. The Bertz CT molecular complexity index is 1560. The molecule has 2 aliphatic carbocycles. The maximum absolute atomic E-state index is 14.4. The molecule has 248 valence electrons. The lowest BCUT2D eigenvalue weighted by Gasteiger charge is -2.37. The minimum atomic E-state index is -0.841. The number of carbonyl (C=O) groups is 3. The Morgan fingerprint density at radius 1 is 0.894 bits per heavy atom. The first-order valence-corrected chi connectivity index (χ1v) is 16.8. The van der Waals surface area contributed by atoms with Gasteiger partial charge >= 0.3 is 12.1 Å². The van der Waals surface area contributed by atoms with E-state index in [1.807, 2.05) is 89.2 Å². The minimum Gasteiger partial charge on any atom is -0.459 e. The molecule has 47 heavy (non-hydrogen) atoms. The second kappa shape index (κ2) is 13.1. The predicted molar refractivity (Wildman–Crippen MR) is 179 cm³/mol. The molecule has 1 heterocycles. The van der Waals surface area contributed by atoms with Gasteiger partial charge in [-0.2, -0.15) is 0 Å². The molecule has 8 heteroatoms. The van der Waals surface area contributed by atoms with Crippen molar-refractivity contribution < 1.29 is 28.6 Å². The monoisotopic (exact) mass is 638 g/mol. The van der Waals surface area contributed by atoms with Crippen molar-refractivity contribution >= 4 is 18.0 Å². The van der Waals surface area contributed by atoms with Crippen LogP contribution in [-0.2, 0) is 30.4 Å². The summed E-state index contributed by atoms with van der Waals surface area (Å²) in [7, 11) is 0. The van der Waals surface area contributed by atoms with Gasteiger partial charge in [-0.3, -0.25) is 9.59 Å². The van der Waals surface area contributed by atoms with Crippen LogP contribution in [0, 0.1) is 11.3 Å². The van der Waals surface area contributed by atoms with Crippen molar-refractivity contribution in [2.45, 2.75) is 90.2 Å². The third-order valence-electron chi connectivity index (χ3n) is 9.64. The van der Waals surface area contributed by atoms with E-state index in [-0.39, 0.29) is 36.4 Å². The number of hydrogen-bond acceptors (Lipinski definition) is 6. The SMILES string of the molecule is CC(C)[C@H](NC(=O)OCC1c2ccccc2-c2ccccc21)C(=O)N1CC[C@H](OCc2ccccc2)[C@H]1C1(C(=O)OC(C)(C)C)CC1. The molecule has 6 rings (SSSR count). The Labute approximate surface area is 277 Å². The number of likely N-dealkylation sites (tertiary alicyclic amines) is 1. The van der Waals surface area contributed by atoms with Crippen molar-refractivity contribution in [1.82, 2.24) is 10.2 Å². The van der Waals surface area contributed by atoms with Crippen LogP contribution in [0.5, 0.6) is 0 Å². The molecule has 1 N–H and O–H groups in total. The van der Waals surface area contributed by atoms with Gasteiger partial charge in [-0.25, -0.2) is 4.79 Å². The first-order chi connectivity index (χ1) is 22.5. The summed E-state index contributed by atoms with van der Waals surface area (Å²) in [5.41, 5.74) is 4.06. The van der Waals surface area contributed by atoms with Crippen molar-refractivity contribution in [3.63, 3.8) is 0 Å². The molecule has 0 unspecified atom stereocenters. The van der Waals surface area contributed by atoms with E-state index in [0.717, 1.165) is 27.8 Å². The van der Waals surface area contributed by atoms with Gasteiger partial charge in [-0.05, 0) is 73.8 Å². The molecule has 3 atom stereocenters. The lowest BCUT2D eigenvalue weighted by atomic mass is 9.90. The molecular formula is C39H46N2O6. The number of amides is 2. The normalized spacial score (nSPS) is 20.3. The zero-order valence-corrected chi connectivity index (χ0v) is 28.0. The third kappa shape index (κ3) is 6.79. The summed E-state index contributed by atoms with van der Waals surface area (Å²) in [4.78, 5) is 43.2. The summed E-state index contributed by atoms with van der Waals surface area (Å²) in [6.45, 7) is 10.3. The zero-order valence-electron chi connectivity index (χ0n) is 28.0. The van der Waals surface area contributed by atoms with Crippen molar-refractivity contribution in [3.05, 3.63) is 95.6 Å². The largest absolute Gasteiger partial charge is 0.459 e. The van der Waals surface area contributed by atoms with E-state index < -0.39 is 29.2 Å². The molecule has 3 aliphatic rings. The van der Waals surface area contributed by atoms with Gasteiger partial charge < -0.3 is 24.4 Å². The van der Waals surface area contributed by atoms with Crippen LogP contribution in [0.2, 0.25) is 0 Å². The van der Waals surface area contributed by atoms with E-state index in [1.165, 1.54) is 0 Å². The Morgan fingerprint density at radius 3 is 2.06 bits per heavy atom. The summed E-state index contributed by atoms with van der Waals surface area (Å²) in [6.07, 6.45) is 0.835. The predicted octanol–water partition coefficient (Wildman–Crippen LogP) is 6.86. The first-order valence-electron chi connectivity index (χ1n) is 16.8. The Balaban J connectivity index is 1.18. The van der Waals surface area contributed by atoms with Crippen molar-refractivity contribution in [3.8, 4) is 11.1 Å². The van der Waals surface area contributed by atoms with Crippen LogP contribution in [-0.4, -0.2) is 59.8 Å². The highest BCUT2D eigenvalue weighted by Gasteiger charge is 2.64. The van der Waals surface area contributed by atoms with Gasteiger partial charge in [-0.1, -0.05) is 92.7 Å². The number of esters is 1. The van der Waals surface area contributed by atoms with Crippen LogP contribution in [0.15, 0.2) is 78.9 Å². The number of carbonyl (C=O) groups excluding carboxylic acids is 3. The van der Waals surface area contributed by atoms with Gasteiger partial charge in [0.2, 0.25) is 5.91 Å². The average molecular weight is 639 g/mol. The number of rotatable bonds is 10. The highest BCUT2D eigenvalue weighted by Crippen LogP contribution is 2.55. The summed E-state index contributed by atoms with van der Waals surface area (Å²) >= 11 is 0. The minimum absolute atomic E-state index is 0.0876. The van der Waals surface area contributed by atoms with Crippen LogP contribution in [0.3, 0.4) is 0 Å². The molecule has 0 bridgehead atoms. The molecule has 3 aromatic rings. The highest BCUT2D eigenvalue weighted by molar-refractivity contribution is 5.89. The fourth-order valence-corrected chi connectivity index (χ4v) is 7.21. The molecule has 0 aromatic heterocycles. The van der Waals surface area contributed by atoms with E-state index in [9.17, 15) is 14.4 Å². The molecule has 1 saturated heterocycles. The van der Waals surface area contributed by atoms with E-state index >= 15 is 0 Å². The quantitative estimate of drug-likeness (QED) is 0.244. The van der Waals surface area contributed by atoms with Gasteiger partial charge in [0, 0.05) is 12.5 Å². The molecule has 2 amide bonds. The molecule has 1 aliphatic heterocycles. The standard InChI is InChI=1S/C39H46N2O6/c1-25(2)33(40-37(44)46-24-31-29-17-11-9-15-27(29)28-16-10-12-18-30(28)31)35(42)41-22-19-32(45-23-26-13-7-6-8-14-26)34(41)39(20-21-39)36(43)47-38(3,4)5/h6-18,25,31-34H,19-24H2,1-5H3,(H,40,44)/t32-,33-,34-/m0/s1. The molecule has 0 spiro atoms. The van der Waals surface area contributed by atoms with Crippen LogP contribution in [0.1, 0.15) is 76.5 Å². The average Bonchev–Trinajstić information content (AvgIpc) is 3.64. The van der Waals surface area contributed by atoms with E-state index in [4.69, 9.17) is 14.2 Å². The molecule has 0 radical (unpaired) electrons. The van der Waals surface area contributed by atoms with Gasteiger partial charge in [0.15, 0.2) is 0 Å². The summed E-state index contributed by atoms with van der Waals surface area (Å²) in [5.74, 6) is -0.840. The highest BCUT2D eigenvalue weighted by atomic mass is 16.6. The van der Waals surface area contributed by atoms with Crippen LogP contribution >= 0.6 is 0 Å². The summed E-state index contributed by atoms with van der Waals surface area (Å²) in [5, 5.41) is 2.89. The molecule has 8 nitrogen and oxygen atoms in total. The summed E-state index contributed by atoms with van der Waals surface area (Å²) in [6, 6.07) is 24.9. The van der Waals surface area contributed by atoms with E-state index in [0.29, 0.717) is 32.4 Å². The lowest BCUT2D eigenvalue weighted by Crippen LogP contribution is -2.57. The van der Waals surface area contributed by atoms with E-state index in [2.05, 4.69) is 29.6 Å². The second-order valence-corrected chi connectivity index (χ2v) is 14.4. The summed E-state index contributed by atoms with van der Waals surface area (Å²) < 4.78 is 18.2. The van der Waals surface area contributed by atoms with Crippen molar-refractivity contribution in [1.29, 1.82) is 0 Å². The van der Waals surface area contributed by atoms with Crippen LogP contribution < -0.4 is 5.32 Å². The van der Waals surface area contributed by atoms with E-state index in [1.54, 1.807) is 4.90 Å². The molecule has 3 aromatic carbocycles. The number of ether oxygens (including phenoxy) is 3. The number of fused-ring (bicyclic) bond motifs is 3. The number of alkyl carbamates (subject to hydrolysis) is 1. The number of nitrogens with one attached hydrogen (secondary N) is 1. The van der Waals surface area contributed by atoms with Gasteiger partial charge in [-0.15, -0.1) is 0 Å². The molecule has 1 saturated carbocycles. The molecular weight excluding hydrogens is 592 g/mol. The zero-order chi connectivity index (χ0) is 33.3. The topological polar surface area (TPSA) is 94.2 Å². The second-order valence-electron chi connectivity index (χ2n) is 14.4. The van der Waals surface area contributed by atoms with Crippen molar-refractivity contribution in [2.24, 2.45) is 11.3 Å². The van der Waals surface area contributed by atoms with Crippen LogP contribution in [0.4, 0.5) is 4.79 Å². The third-order valence-corrected chi connectivity index (χ3v) is 9.64. The maximum Gasteiger partial charge on any atom is 0.407 e. The fourth-order valence-electron chi connectivity index (χ4n) is 7.21. The Kier molecular flexibility index (Phi) is 9.16. The fraction of sp³-hybridized carbons (Fsp3) is 0.462. The Hall–Kier alpha value is -4.17. The number of hydrogen-bond donors (Lipinski definition) is 1. The van der Waals surface area contributed by atoms with Gasteiger partial charge in [0.05, 0.1) is 24.2 Å². The Morgan fingerprint density at radius 2 is 1.49 bits per heavy atom.